The van der Waals surface area contributed by atoms with Gasteiger partial charge in [-0.15, -0.1) is 0 Å². The first-order chi connectivity index (χ1) is 9.97. The lowest BCUT2D eigenvalue weighted by Gasteiger charge is -2.41. The summed E-state index contributed by atoms with van der Waals surface area (Å²) in [5.41, 5.74) is 4.29. The van der Waals surface area contributed by atoms with Gasteiger partial charge in [0.05, 0.1) is 6.04 Å². The highest BCUT2D eigenvalue weighted by Crippen LogP contribution is 2.46. The summed E-state index contributed by atoms with van der Waals surface area (Å²) in [6.07, 6.45) is 2.37. The van der Waals surface area contributed by atoms with Crippen molar-refractivity contribution in [2.45, 2.75) is 32.7 Å². The van der Waals surface area contributed by atoms with E-state index in [9.17, 15) is 0 Å². The van der Waals surface area contributed by atoms with Crippen molar-refractivity contribution in [3.8, 4) is 0 Å². The smallest absolute Gasteiger partial charge is 0.0567 e. The van der Waals surface area contributed by atoms with Gasteiger partial charge in [-0.05, 0) is 63.5 Å². The summed E-state index contributed by atoms with van der Waals surface area (Å²) in [7, 11) is 0. The fraction of sp³-hybridized carbons (Fsp3) is 0.333. The molecule has 1 N–H and O–H groups in total. The van der Waals surface area contributed by atoms with Gasteiger partial charge in [-0.25, -0.2) is 0 Å². The van der Waals surface area contributed by atoms with Crippen LogP contribution >= 0.6 is 31.9 Å². The second kappa shape index (κ2) is 5.77. The number of nitrogens with one attached hydrogen (secondary N) is 1. The molecule has 21 heavy (non-hydrogen) atoms. The Bertz CT molecular complexity index is 664. The van der Waals surface area contributed by atoms with Crippen LogP contribution in [0.15, 0.2) is 51.4 Å². The van der Waals surface area contributed by atoms with E-state index in [1.165, 1.54) is 24.0 Å². The first-order valence-electron chi connectivity index (χ1n) is 7.27. The number of rotatable bonds is 2. The van der Waals surface area contributed by atoms with Crippen LogP contribution < -0.4 is 5.32 Å². The number of fused-ring (bicyclic) bond motifs is 1. The highest BCUT2D eigenvalue weighted by atomic mass is 79.9. The molecule has 1 atom stereocenters. The number of aryl methyl sites for hydroxylation is 1. The predicted molar refractivity (Wildman–Crippen MR) is 96.7 cm³/mol. The summed E-state index contributed by atoms with van der Waals surface area (Å²) < 4.78 is 2.18. The molecular weight excluding hydrogens is 390 g/mol. The molecule has 2 aromatic carbocycles. The molecular formula is C18H19Br2N. The largest absolute Gasteiger partial charge is 0.377 e. The number of benzene rings is 2. The molecule has 0 heterocycles. The Labute approximate surface area is 143 Å². The van der Waals surface area contributed by atoms with Crippen LogP contribution in [0.25, 0.3) is 0 Å². The van der Waals surface area contributed by atoms with Crippen molar-refractivity contribution < 1.29 is 0 Å². The second-order valence-electron chi connectivity index (χ2n) is 6.39. The minimum atomic E-state index is 0.237. The Morgan fingerprint density at radius 2 is 1.86 bits per heavy atom. The van der Waals surface area contributed by atoms with E-state index in [1.54, 1.807) is 0 Å². The molecule has 1 unspecified atom stereocenters. The van der Waals surface area contributed by atoms with Crippen molar-refractivity contribution in [1.29, 1.82) is 0 Å². The summed E-state index contributed by atoms with van der Waals surface area (Å²) in [6.45, 7) is 4.71. The van der Waals surface area contributed by atoms with Crippen molar-refractivity contribution >= 4 is 37.5 Å². The fourth-order valence-corrected chi connectivity index (χ4v) is 4.26. The summed E-state index contributed by atoms with van der Waals surface area (Å²) >= 11 is 7.17. The lowest BCUT2D eigenvalue weighted by Crippen LogP contribution is -2.33. The average molecular weight is 409 g/mol. The van der Waals surface area contributed by atoms with Crippen molar-refractivity contribution in [1.82, 2.24) is 0 Å². The Kier molecular flexibility index (Phi) is 4.15. The van der Waals surface area contributed by atoms with Gasteiger partial charge in [-0.2, -0.15) is 0 Å². The van der Waals surface area contributed by atoms with Gasteiger partial charge in [-0.1, -0.05) is 54.0 Å². The van der Waals surface area contributed by atoms with Crippen LogP contribution in [0.3, 0.4) is 0 Å². The maximum Gasteiger partial charge on any atom is 0.0567 e. The van der Waals surface area contributed by atoms with Gasteiger partial charge in [-0.3, -0.25) is 0 Å². The van der Waals surface area contributed by atoms with Crippen molar-refractivity contribution in [2.24, 2.45) is 5.41 Å². The molecule has 3 heteroatoms. The first-order valence-corrected chi connectivity index (χ1v) is 8.85. The number of anilines is 1. The molecule has 3 rings (SSSR count). The molecule has 0 fully saturated rings. The van der Waals surface area contributed by atoms with Crippen molar-refractivity contribution in [3.63, 3.8) is 0 Å². The van der Waals surface area contributed by atoms with Crippen LogP contribution in [-0.2, 0) is 6.42 Å². The van der Waals surface area contributed by atoms with E-state index in [0.29, 0.717) is 6.04 Å². The van der Waals surface area contributed by atoms with E-state index in [4.69, 9.17) is 0 Å². The van der Waals surface area contributed by atoms with Gasteiger partial charge >= 0.3 is 0 Å². The number of hydrogen-bond acceptors (Lipinski definition) is 1. The van der Waals surface area contributed by atoms with Crippen LogP contribution in [-0.4, -0.2) is 0 Å². The second-order valence-corrected chi connectivity index (χ2v) is 8.16. The monoisotopic (exact) mass is 407 g/mol. The van der Waals surface area contributed by atoms with E-state index in [2.05, 4.69) is 93.5 Å². The van der Waals surface area contributed by atoms with Crippen LogP contribution in [0.4, 0.5) is 5.69 Å². The average Bonchev–Trinajstić information content (AvgIpc) is 2.44. The van der Waals surface area contributed by atoms with E-state index >= 15 is 0 Å². The number of halogens is 2. The molecule has 0 aliphatic heterocycles. The molecule has 1 aliphatic carbocycles. The molecule has 1 nitrogen and oxygen atoms in total. The highest BCUT2D eigenvalue weighted by Gasteiger charge is 2.35. The van der Waals surface area contributed by atoms with E-state index in [0.717, 1.165) is 14.6 Å². The van der Waals surface area contributed by atoms with Crippen LogP contribution in [0.2, 0.25) is 0 Å². The molecule has 0 spiro atoms. The molecule has 110 valence electrons. The number of hydrogen-bond donors (Lipinski definition) is 1. The van der Waals surface area contributed by atoms with Gasteiger partial charge in [0.2, 0.25) is 0 Å². The Morgan fingerprint density at radius 1 is 1.10 bits per heavy atom. The normalized spacial score (nSPS) is 19.9. The van der Waals surface area contributed by atoms with Gasteiger partial charge in [0, 0.05) is 14.6 Å². The molecule has 0 bridgehead atoms. The first kappa shape index (κ1) is 15.1. The third-order valence-corrected chi connectivity index (χ3v) is 5.57. The van der Waals surface area contributed by atoms with Crippen molar-refractivity contribution in [3.05, 3.63) is 62.5 Å². The van der Waals surface area contributed by atoms with Crippen LogP contribution in [0.1, 0.15) is 37.4 Å². The molecule has 2 aromatic rings. The zero-order valence-electron chi connectivity index (χ0n) is 12.3. The maximum atomic E-state index is 3.76. The lowest BCUT2D eigenvalue weighted by molar-refractivity contribution is 0.265. The zero-order valence-corrected chi connectivity index (χ0v) is 15.5. The Balaban J connectivity index is 1.99. The Hall–Kier alpha value is -0.800. The summed E-state index contributed by atoms with van der Waals surface area (Å²) in [5.74, 6) is 0. The summed E-state index contributed by atoms with van der Waals surface area (Å²) in [6, 6.07) is 15.4. The third-order valence-electron chi connectivity index (χ3n) is 4.42. The van der Waals surface area contributed by atoms with Crippen LogP contribution in [0, 0.1) is 5.41 Å². The molecule has 0 radical (unpaired) electrons. The molecule has 0 amide bonds. The lowest BCUT2D eigenvalue weighted by atomic mass is 9.70. The van der Waals surface area contributed by atoms with Gasteiger partial charge in [0.1, 0.15) is 0 Å². The van der Waals surface area contributed by atoms with Gasteiger partial charge < -0.3 is 5.32 Å². The van der Waals surface area contributed by atoms with E-state index in [1.807, 2.05) is 0 Å². The highest BCUT2D eigenvalue weighted by molar-refractivity contribution is 9.11. The predicted octanol–water partition coefficient (Wildman–Crippen LogP) is 6.34. The van der Waals surface area contributed by atoms with E-state index < -0.39 is 0 Å². The van der Waals surface area contributed by atoms with Gasteiger partial charge in [0.15, 0.2) is 0 Å². The fourth-order valence-electron chi connectivity index (χ4n) is 3.10. The summed E-state index contributed by atoms with van der Waals surface area (Å²) in [5, 5.41) is 3.76. The SMILES string of the molecule is CC1(C)CCc2ccccc2C1Nc1ccc(Br)cc1Br. The minimum Gasteiger partial charge on any atom is -0.377 e. The quantitative estimate of drug-likeness (QED) is 0.611. The Morgan fingerprint density at radius 3 is 2.62 bits per heavy atom. The van der Waals surface area contributed by atoms with E-state index in [-0.39, 0.29) is 5.41 Å². The topological polar surface area (TPSA) is 12.0 Å². The summed E-state index contributed by atoms with van der Waals surface area (Å²) in [4.78, 5) is 0. The third kappa shape index (κ3) is 3.04. The molecule has 0 saturated heterocycles. The molecule has 0 saturated carbocycles. The minimum absolute atomic E-state index is 0.237. The maximum absolute atomic E-state index is 3.76. The molecule has 0 aromatic heterocycles. The van der Waals surface area contributed by atoms with Crippen LogP contribution in [0.5, 0.6) is 0 Å². The zero-order chi connectivity index (χ0) is 15.0. The standard InChI is InChI=1S/C18H19Br2N/c1-18(2)10-9-12-5-3-4-6-14(12)17(18)21-16-8-7-13(19)11-15(16)20/h3-8,11,17,21H,9-10H2,1-2H3. The van der Waals surface area contributed by atoms with Crippen molar-refractivity contribution in [2.75, 3.05) is 5.32 Å². The van der Waals surface area contributed by atoms with Gasteiger partial charge in [0.25, 0.3) is 0 Å². The molecule has 1 aliphatic rings.